The molecule has 0 spiro atoms. The van der Waals surface area contributed by atoms with Gasteiger partial charge in [0.25, 0.3) is 0 Å². The molecule has 0 aromatic rings. The molecule has 2 N–H and O–H groups in total. The van der Waals surface area contributed by atoms with Gasteiger partial charge in [-0.1, -0.05) is 6.42 Å². The first kappa shape index (κ1) is 11.1. The van der Waals surface area contributed by atoms with E-state index in [1.165, 1.54) is 51.4 Å². The average molecular weight is 252 g/mol. The number of nitrogens with one attached hydrogen (secondary N) is 2. The SMILES string of the molecule is C1C[C@@H]2CC(S[C@@H]3C[C@H]4CC[C@@H](C3)N4)[C@H](C1)N2. The standard InChI is InChI=1S/C14H24N2S/c1-2-9-8-14(13(3-1)16-9)17-12-6-10-4-5-11(7-12)15-10/h9-16H,1-8H2/t9-,10-,11+,12-,13+,14?/m1/s1. The summed E-state index contributed by atoms with van der Waals surface area (Å²) < 4.78 is 0. The molecule has 2 nitrogen and oxygen atoms in total. The quantitative estimate of drug-likeness (QED) is 0.788. The van der Waals surface area contributed by atoms with Gasteiger partial charge in [-0.15, -0.1) is 0 Å². The third-order valence-corrected chi connectivity index (χ3v) is 6.92. The molecule has 4 aliphatic heterocycles. The summed E-state index contributed by atoms with van der Waals surface area (Å²) >= 11 is 2.35. The van der Waals surface area contributed by atoms with Crippen molar-refractivity contribution in [1.82, 2.24) is 10.6 Å². The van der Waals surface area contributed by atoms with Crippen LogP contribution < -0.4 is 10.6 Å². The summed E-state index contributed by atoms with van der Waals surface area (Å²) in [7, 11) is 0. The summed E-state index contributed by atoms with van der Waals surface area (Å²) in [5.74, 6) is 0. The van der Waals surface area contributed by atoms with Crippen LogP contribution in [-0.4, -0.2) is 34.7 Å². The summed E-state index contributed by atoms with van der Waals surface area (Å²) in [5.41, 5.74) is 0. The second kappa shape index (κ2) is 4.43. The minimum atomic E-state index is 0.853. The van der Waals surface area contributed by atoms with Crippen LogP contribution in [0, 0.1) is 0 Å². The van der Waals surface area contributed by atoms with Crippen molar-refractivity contribution in [3.05, 3.63) is 0 Å². The van der Waals surface area contributed by atoms with Gasteiger partial charge in [0.2, 0.25) is 0 Å². The Kier molecular flexibility index (Phi) is 2.90. The van der Waals surface area contributed by atoms with Crippen molar-refractivity contribution in [3.8, 4) is 0 Å². The fourth-order valence-electron chi connectivity index (χ4n) is 4.49. The van der Waals surface area contributed by atoms with E-state index in [1.54, 1.807) is 0 Å². The van der Waals surface area contributed by atoms with Gasteiger partial charge in [-0.25, -0.2) is 0 Å². The van der Waals surface area contributed by atoms with Crippen molar-refractivity contribution in [1.29, 1.82) is 0 Å². The maximum Gasteiger partial charge on any atom is 0.0218 e. The van der Waals surface area contributed by atoms with Crippen molar-refractivity contribution >= 4 is 11.8 Å². The maximum atomic E-state index is 3.83. The van der Waals surface area contributed by atoms with Gasteiger partial charge in [-0.05, 0) is 44.9 Å². The Morgan fingerprint density at radius 1 is 0.765 bits per heavy atom. The van der Waals surface area contributed by atoms with Gasteiger partial charge >= 0.3 is 0 Å². The van der Waals surface area contributed by atoms with Gasteiger partial charge in [0, 0.05) is 34.7 Å². The first-order chi connectivity index (χ1) is 8.37. The average Bonchev–Trinajstić information content (AvgIpc) is 2.80. The lowest BCUT2D eigenvalue weighted by atomic mass is 10.1. The molecule has 0 saturated carbocycles. The first-order valence-corrected chi connectivity index (χ1v) is 8.48. The highest BCUT2D eigenvalue weighted by Gasteiger charge is 2.40. The third kappa shape index (κ3) is 2.15. The summed E-state index contributed by atoms with van der Waals surface area (Å²) in [6.07, 6.45) is 11.6. The zero-order valence-electron chi connectivity index (χ0n) is 10.5. The minimum absolute atomic E-state index is 0.853. The molecule has 4 saturated heterocycles. The van der Waals surface area contributed by atoms with E-state index in [-0.39, 0.29) is 0 Å². The van der Waals surface area contributed by atoms with Gasteiger partial charge in [-0.2, -0.15) is 11.8 Å². The van der Waals surface area contributed by atoms with E-state index >= 15 is 0 Å². The number of hydrogen-bond acceptors (Lipinski definition) is 3. The highest BCUT2D eigenvalue weighted by molar-refractivity contribution is 8.00. The summed E-state index contributed by atoms with van der Waals surface area (Å²) in [4.78, 5) is 0. The lowest BCUT2D eigenvalue weighted by Gasteiger charge is -2.31. The van der Waals surface area contributed by atoms with Crippen molar-refractivity contribution in [3.63, 3.8) is 0 Å². The van der Waals surface area contributed by atoms with Crippen LogP contribution in [0.1, 0.15) is 51.4 Å². The Labute approximate surface area is 109 Å². The molecule has 1 unspecified atom stereocenters. The zero-order chi connectivity index (χ0) is 11.2. The van der Waals surface area contributed by atoms with Gasteiger partial charge in [0.05, 0.1) is 0 Å². The maximum absolute atomic E-state index is 3.83. The van der Waals surface area contributed by atoms with E-state index in [1.807, 2.05) is 0 Å². The zero-order valence-corrected chi connectivity index (χ0v) is 11.3. The Balaban J connectivity index is 1.38. The number of rotatable bonds is 2. The second-order valence-electron chi connectivity index (χ2n) is 6.54. The fraction of sp³-hybridized carbons (Fsp3) is 1.00. The Hall–Kier alpha value is 0.270. The van der Waals surface area contributed by atoms with E-state index < -0.39 is 0 Å². The van der Waals surface area contributed by atoms with Crippen molar-refractivity contribution in [2.75, 3.05) is 0 Å². The van der Waals surface area contributed by atoms with Crippen LogP contribution in [0.15, 0.2) is 0 Å². The molecule has 17 heavy (non-hydrogen) atoms. The van der Waals surface area contributed by atoms with E-state index in [0.717, 1.165) is 34.7 Å². The molecule has 3 heteroatoms. The van der Waals surface area contributed by atoms with Crippen molar-refractivity contribution < 1.29 is 0 Å². The predicted molar refractivity (Wildman–Crippen MR) is 73.5 cm³/mol. The molecule has 4 fully saturated rings. The molecule has 0 aromatic carbocycles. The molecule has 4 aliphatic rings. The molecule has 0 aliphatic carbocycles. The molecule has 4 bridgehead atoms. The van der Waals surface area contributed by atoms with Crippen LogP contribution in [-0.2, 0) is 0 Å². The fourth-order valence-corrected chi connectivity index (χ4v) is 6.42. The lowest BCUT2D eigenvalue weighted by Crippen LogP contribution is -2.41. The summed E-state index contributed by atoms with van der Waals surface area (Å²) in [5, 5.41) is 9.49. The van der Waals surface area contributed by atoms with E-state index in [0.29, 0.717) is 0 Å². The highest BCUT2D eigenvalue weighted by Crippen LogP contribution is 2.41. The van der Waals surface area contributed by atoms with E-state index in [2.05, 4.69) is 22.4 Å². The molecule has 6 atom stereocenters. The minimum Gasteiger partial charge on any atom is -0.311 e. The Morgan fingerprint density at radius 3 is 2.29 bits per heavy atom. The molecule has 0 aromatic heterocycles. The normalized spacial score (nSPS) is 52.9. The van der Waals surface area contributed by atoms with Crippen molar-refractivity contribution in [2.45, 2.75) is 86.0 Å². The number of hydrogen-bond donors (Lipinski definition) is 2. The number of thioether (sulfide) groups is 1. The molecule has 4 rings (SSSR count). The molecular formula is C14H24N2S. The number of fused-ring (bicyclic) bond motifs is 4. The van der Waals surface area contributed by atoms with Crippen LogP contribution >= 0.6 is 11.8 Å². The topological polar surface area (TPSA) is 24.1 Å². The molecule has 4 heterocycles. The van der Waals surface area contributed by atoms with Gasteiger partial charge in [-0.3, -0.25) is 0 Å². The largest absolute Gasteiger partial charge is 0.311 e. The molecule has 0 amide bonds. The summed E-state index contributed by atoms with van der Waals surface area (Å²) in [6.45, 7) is 0. The van der Waals surface area contributed by atoms with Crippen LogP contribution in [0.25, 0.3) is 0 Å². The van der Waals surface area contributed by atoms with Gasteiger partial charge in [0.15, 0.2) is 0 Å². The van der Waals surface area contributed by atoms with E-state index in [9.17, 15) is 0 Å². The highest BCUT2D eigenvalue weighted by atomic mass is 32.2. The van der Waals surface area contributed by atoms with Gasteiger partial charge < -0.3 is 10.6 Å². The smallest absolute Gasteiger partial charge is 0.0218 e. The van der Waals surface area contributed by atoms with Crippen LogP contribution in [0.5, 0.6) is 0 Å². The Morgan fingerprint density at radius 2 is 1.53 bits per heavy atom. The molecule has 96 valence electrons. The van der Waals surface area contributed by atoms with Gasteiger partial charge in [0.1, 0.15) is 0 Å². The first-order valence-electron chi connectivity index (χ1n) is 7.54. The van der Waals surface area contributed by atoms with Crippen LogP contribution in [0.4, 0.5) is 0 Å². The predicted octanol–water partition coefficient (Wildman–Crippen LogP) is 2.29. The summed E-state index contributed by atoms with van der Waals surface area (Å²) in [6, 6.07) is 3.44. The van der Waals surface area contributed by atoms with Crippen molar-refractivity contribution in [2.24, 2.45) is 0 Å². The molecule has 0 radical (unpaired) electrons. The van der Waals surface area contributed by atoms with Crippen LogP contribution in [0.3, 0.4) is 0 Å². The second-order valence-corrected chi connectivity index (χ2v) is 8.09. The monoisotopic (exact) mass is 252 g/mol. The molecular weight excluding hydrogens is 228 g/mol. The van der Waals surface area contributed by atoms with E-state index in [4.69, 9.17) is 0 Å². The van der Waals surface area contributed by atoms with Crippen LogP contribution in [0.2, 0.25) is 0 Å². The number of piperidine rings is 2. The Bertz CT molecular complexity index is 284. The lowest BCUT2D eigenvalue weighted by molar-refractivity contribution is 0.404. The third-order valence-electron chi connectivity index (χ3n) is 5.28.